The van der Waals surface area contributed by atoms with E-state index in [9.17, 15) is 14.4 Å². The molecule has 0 aliphatic carbocycles. The van der Waals surface area contributed by atoms with E-state index >= 15 is 0 Å². The molecule has 0 radical (unpaired) electrons. The Kier molecular flexibility index (Phi) is 14.1. The van der Waals surface area contributed by atoms with E-state index in [0.29, 0.717) is 0 Å². The summed E-state index contributed by atoms with van der Waals surface area (Å²) >= 11 is 0. The Morgan fingerprint density at radius 2 is 1.48 bits per heavy atom. The first kappa shape index (κ1) is 21.0. The highest BCUT2D eigenvalue weighted by Crippen LogP contribution is 1.86. The standard InChI is InChI=1S/C10H17N3O6.C2H6/c1-4-7(14)18-6-19-10(16)13-8(11-3)12-9(15)17-5-2;1-2/h4-6H2,1-3H3,(H2,11,12,13,15,16);1-2H3. The van der Waals surface area contributed by atoms with Crippen molar-refractivity contribution in [2.45, 2.75) is 34.1 Å². The lowest BCUT2D eigenvalue weighted by atomic mass is 10.5. The van der Waals surface area contributed by atoms with E-state index in [1.807, 2.05) is 13.8 Å². The highest BCUT2D eigenvalue weighted by Gasteiger charge is 2.11. The second-order valence-electron chi connectivity index (χ2n) is 2.96. The fraction of sp³-hybridized carbons (Fsp3) is 0.667. The lowest BCUT2D eigenvalue weighted by Gasteiger charge is -2.10. The van der Waals surface area contributed by atoms with E-state index in [1.165, 1.54) is 7.05 Å². The van der Waals surface area contributed by atoms with Crippen molar-refractivity contribution in [1.82, 2.24) is 10.6 Å². The van der Waals surface area contributed by atoms with Crippen LogP contribution in [0.1, 0.15) is 34.1 Å². The summed E-state index contributed by atoms with van der Waals surface area (Å²) in [4.78, 5) is 36.6. The topological polar surface area (TPSA) is 115 Å². The van der Waals surface area contributed by atoms with E-state index in [4.69, 9.17) is 0 Å². The molecule has 122 valence electrons. The van der Waals surface area contributed by atoms with Gasteiger partial charge in [0.1, 0.15) is 0 Å². The van der Waals surface area contributed by atoms with Gasteiger partial charge < -0.3 is 14.2 Å². The Morgan fingerprint density at radius 3 is 1.90 bits per heavy atom. The van der Waals surface area contributed by atoms with Crippen molar-refractivity contribution in [2.24, 2.45) is 4.99 Å². The van der Waals surface area contributed by atoms with Crippen LogP contribution in [0.3, 0.4) is 0 Å². The number of esters is 1. The van der Waals surface area contributed by atoms with Crippen LogP contribution in [-0.4, -0.2) is 44.6 Å². The van der Waals surface area contributed by atoms with Gasteiger partial charge in [-0.25, -0.2) is 9.59 Å². The number of carbonyl (C=O) groups is 3. The summed E-state index contributed by atoms with van der Waals surface area (Å²) in [6.45, 7) is 6.90. The molecule has 9 nitrogen and oxygen atoms in total. The van der Waals surface area contributed by atoms with Crippen molar-refractivity contribution >= 4 is 24.1 Å². The first-order valence-corrected chi connectivity index (χ1v) is 6.53. The number of nitrogens with one attached hydrogen (secondary N) is 2. The minimum atomic E-state index is -0.929. The Morgan fingerprint density at radius 1 is 0.952 bits per heavy atom. The average molecular weight is 305 g/mol. The molecule has 0 spiro atoms. The molecule has 0 bridgehead atoms. The van der Waals surface area contributed by atoms with Gasteiger partial charge in [-0.05, 0) is 6.92 Å². The van der Waals surface area contributed by atoms with Gasteiger partial charge in [-0.1, -0.05) is 20.8 Å². The van der Waals surface area contributed by atoms with Crippen LogP contribution >= 0.6 is 0 Å². The molecule has 2 amide bonds. The second kappa shape index (κ2) is 14.1. The van der Waals surface area contributed by atoms with Gasteiger partial charge in [0.05, 0.1) is 6.61 Å². The SMILES string of the molecule is CC.CCOC(=O)NC(=NC)NC(=O)OCOC(=O)CC. The van der Waals surface area contributed by atoms with Crippen molar-refractivity contribution in [3.8, 4) is 0 Å². The van der Waals surface area contributed by atoms with Crippen molar-refractivity contribution in [1.29, 1.82) is 0 Å². The lowest BCUT2D eigenvalue weighted by Crippen LogP contribution is -2.44. The lowest BCUT2D eigenvalue weighted by molar-refractivity contribution is -0.151. The fourth-order valence-corrected chi connectivity index (χ4v) is 0.790. The molecule has 2 N–H and O–H groups in total. The zero-order valence-electron chi connectivity index (χ0n) is 13.0. The summed E-state index contributed by atoms with van der Waals surface area (Å²) in [5.74, 6) is -0.646. The van der Waals surface area contributed by atoms with Crippen LogP contribution in [0.2, 0.25) is 0 Å². The maximum atomic E-state index is 11.2. The largest absolute Gasteiger partial charge is 0.450 e. The normalized spacial score (nSPS) is 9.67. The number of hydrogen-bond donors (Lipinski definition) is 2. The molecular formula is C12H23N3O6. The van der Waals surface area contributed by atoms with Crippen molar-refractivity contribution in [3.63, 3.8) is 0 Å². The summed E-state index contributed by atoms with van der Waals surface area (Å²) < 4.78 is 13.6. The molecule has 0 saturated heterocycles. The summed E-state index contributed by atoms with van der Waals surface area (Å²) in [5.41, 5.74) is 0. The van der Waals surface area contributed by atoms with Gasteiger partial charge in [-0.3, -0.25) is 20.4 Å². The summed E-state index contributed by atoms with van der Waals surface area (Å²) in [6.07, 6.45) is -1.51. The monoisotopic (exact) mass is 305 g/mol. The Labute approximate surface area is 124 Å². The van der Waals surface area contributed by atoms with Crippen LogP contribution < -0.4 is 10.6 Å². The number of alkyl carbamates (subject to hydrolysis) is 2. The highest BCUT2D eigenvalue weighted by molar-refractivity contribution is 6.01. The number of rotatable bonds is 4. The van der Waals surface area contributed by atoms with Crippen molar-refractivity contribution < 1.29 is 28.6 Å². The number of aliphatic imine (C=N–C) groups is 1. The van der Waals surface area contributed by atoms with Crippen LogP contribution in [0, 0.1) is 0 Å². The fourth-order valence-electron chi connectivity index (χ4n) is 0.790. The minimum absolute atomic E-state index is 0.148. The Bertz CT molecular complexity index is 357. The molecular weight excluding hydrogens is 282 g/mol. The van der Waals surface area contributed by atoms with Gasteiger partial charge in [-0.2, -0.15) is 0 Å². The zero-order valence-corrected chi connectivity index (χ0v) is 13.0. The van der Waals surface area contributed by atoms with Crippen LogP contribution in [0.25, 0.3) is 0 Å². The zero-order chi connectivity index (χ0) is 16.7. The number of hydrogen-bond acceptors (Lipinski definition) is 7. The van der Waals surface area contributed by atoms with Gasteiger partial charge >= 0.3 is 18.2 Å². The number of guanidine groups is 1. The summed E-state index contributed by atoms with van der Waals surface area (Å²) in [6, 6.07) is 0. The molecule has 0 aromatic rings. The Balaban J connectivity index is 0. The third kappa shape index (κ3) is 12.5. The molecule has 0 aromatic heterocycles. The van der Waals surface area contributed by atoms with Gasteiger partial charge in [0.25, 0.3) is 0 Å². The van der Waals surface area contributed by atoms with E-state index < -0.39 is 24.9 Å². The minimum Gasteiger partial charge on any atom is -0.450 e. The maximum Gasteiger partial charge on any atom is 0.416 e. The third-order valence-corrected chi connectivity index (χ3v) is 1.64. The third-order valence-electron chi connectivity index (χ3n) is 1.64. The van der Waals surface area contributed by atoms with Crippen molar-refractivity contribution in [2.75, 3.05) is 20.4 Å². The number of nitrogens with zero attached hydrogens (tertiary/aromatic N) is 1. The predicted molar refractivity (Wildman–Crippen MR) is 75.7 cm³/mol. The predicted octanol–water partition coefficient (Wildman–Crippen LogP) is 1.38. The van der Waals surface area contributed by atoms with Crippen LogP contribution in [0.4, 0.5) is 9.59 Å². The summed E-state index contributed by atoms with van der Waals surface area (Å²) in [5, 5.41) is 4.31. The highest BCUT2D eigenvalue weighted by atomic mass is 16.7. The first-order valence-electron chi connectivity index (χ1n) is 6.53. The average Bonchev–Trinajstić information content (AvgIpc) is 2.48. The molecule has 0 heterocycles. The molecule has 0 aliphatic heterocycles. The van der Waals surface area contributed by atoms with E-state index in [-0.39, 0.29) is 19.0 Å². The van der Waals surface area contributed by atoms with Crippen LogP contribution in [-0.2, 0) is 19.0 Å². The Hall–Kier alpha value is -2.32. The number of ether oxygens (including phenoxy) is 3. The van der Waals surface area contributed by atoms with E-state index in [1.54, 1.807) is 13.8 Å². The molecule has 0 fully saturated rings. The van der Waals surface area contributed by atoms with E-state index in [0.717, 1.165) is 0 Å². The smallest absolute Gasteiger partial charge is 0.416 e. The van der Waals surface area contributed by atoms with Crippen LogP contribution in [0.15, 0.2) is 4.99 Å². The molecule has 21 heavy (non-hydrogen) atoms. The van der Waals surface area contributed by atoms with Crippen molar-refractivity contribution in [3.05, 3.63) is 0 Å². The second-order valence-corrected chi connectivity index (χ2v) is 2.96. The molecule has 9 heteroatoms. The molecule has 0 saturated carbocycles. The number of amides is 2. The number of carbonyl (C=O) groups excluding carboxylic acids is 3. The molecule has 0 atom stereocenters. The van der Waals surface area contributed by atoms with Gasteiger partial charge in [0.2, 0.25) is 12.8 Å². The maximum absolute atomic E-state index is 11.2. The molecule has 0 unspecified atom stereocenters. The summed E-state index contributed by atoms with van der Waals surface area (Å²) in [7, 11) is 1.35. The molecule has 0 aliphatic rings. The van der Waals surface area contributed by atoms with Gasteiger partial charge in [0, 0.05) is 13.5 Å². The quantitative estimate of drug-likeness (QED) is 0.351. The molecule has 0 rings (SSSR count). The van der Waals surface area contributed by atoms with Gasteiger partial charge in [-0.15, -0.1) is 0 Å². The van der Waals surface area contributed by atoms with Crippen LogP contribution in [0.5, 0.6) is 0 Å². The molecule has 0 aromatic carbocycles. The first-order chi connectivity index (χ1) is 10.0. The van der Waals surface area contributed by atoms with Gasteiger partial charge in [0.15, 0.2) is 0 Å². The van der Waals surface area contributed by atoms with E-state index in [2.05, 4.69) is 29.8 Å².